The van der Waals surface area contributed by atoms with Crippen LogP contribution in [-0.2, 0) is 0 Å². The Morgan fingerprint density at radius 1 is 1.21 bits per heavy atom. The van der Waals surface area contributed by atoms with Gasteiger partial charge in [0.05, 0.1) is 0 Å². The fourth-order valence-electron chi connectivity index (χ4n) is 4.03. The minimum atomic E-state index is 0.408. The average Bonchev–Trinajstić information content (AvgIpc) is 2.31. The standard InChI is InChI=1S/C17H34N2/c1-14-7-6-10-17(12-14,19(3)4)13-18-15(2)11-16-8-5-9-16/h14-16,18H,5-13H2,1-4H3. The van der Waals surface area contributed by atoms with E-state index in [0.717, 1.165) is 11.8 Å². The number of rotatable bonds is 6. The summed E-state index contributed by atoms with van der Waals surface area (Å²) in [5, 5.41) is 3.85. The van der Waals surface area contributed by atoms with Crippen LogP contribution in [0.3, 0.4) is 0 Å². The van der Waals surface area contributed by atoms with Gasteiger partial charge in [-0.1, -0.05) is 39.0 Å². The van der Waals surface area contributed by atoms with Gasteiger partial charge in [-0.15, -0.1) is 0 Å². The molecule has 2 rings (SSSR count). The lowest BCUT2D eigenvalue weighted by Gasteiger charge is -2.46. The largest absolute Gasteiger partial charge is 0.312 e. The molecule has 0 saturated heterocycles. The maximum absolute atomic E-state index is 3.85. The highest BCUT2D eigenvalue weighted by atomic mass is 15.2. The van der Waals surface area contributed by atoms with E-state index in [1.807, 2.05) is 0 Å². The zero-order chi connectivity index (χ0) is 13.9. The second-order valence-electron chi connectivity index (χ2n) is 7.63. The molecule has 2 aliphatic carbocycles. The third-order valence-electron chi connectivity index (χ3n) is 5.71. The Hall–Kier alpha value is -0.0800. The van der Waals surface area contributed by atoms with Crippen molar-refractivity contribution in [2.75, 3.05) is 20.6 Å². The summed E-state index contributed by atoms with van der Waals surface area (Å²) in [7, 11) is 4.55. The molecule has 0 heterocycles. The Morgan fingerprint density at radius 3 is 2.47 bits per heavy atom. The summed E-state index contributed by atoms with van der Waals surface area (Å²) in [5.41, 5.74) is 0.408. The molecule has 0 amide bonds. The number of hydrogen-bond donors (Lipinski definition) is 1. The summed E-state index contributed by atoms with van der Waals surface area (Å²) in [4.78, 5) is 2.49. The first-order valence-electron chi connectivity index (χ1n) is 8.43. The molecule has 0 aliphatic heterocycles. The van der Waals surface area contributed by atoms with Gasteiger partial charge in [-0.2, -0.15) is 0 Å². The second kappa shape index (κ2) is 6.58. The van der Waals surface area contributed by atoms with Crippen molar-refractivity contribution in [3.8, 4) is 0 Å². The normalized spacial score (nSPS) is 34.3. The molecule has 2 saturated carbocycles. The van der Waals surface area contributed by atoms with Crippen LogP contribution >= 0.6 is 0 Å². The number of nitrogens with zero attached hydrogens (tertiary/aromatic N) is 1. The van der Waals surface area contributed by atoms with Crippen LogP contribution in [0.15, 0.2) is 0 Å². The van der Waals surface area contributed by atoms with Gasteiger partial charge in [-0.25, -0.2) is 0 Å². The maximum atomic E-state index is 3.85. The molecule has 2 aliphatic rings. The monoisotopic (exact) mass is 266 g/mol. The van der Waals surface area contributed by atoms with Gasteiger partial charge in [0.15, 0.2) is 0 Å². The van der Waals surface area contributed by atoms with E-state index in [2.05, 4.69) is 38.2 Å². The number of nitrogens with one attached hydrogen (secondary N) is 1. The van der Waals surface area contributed by atoms with Crippen LogP contribution in [0, 0.1) is 11.8 Å². The molecular formula is C17H34N2. The lowest BCUT2D eigenvalue weighted by molar-refractivity contribution is 0.0712. The molecule has 3 atom stereocenters. The van der Waals surface area contributed by atoms with E-state index < -0.39 is 0 Å². The smallest absolute Gasteiger partial charge is 0.0330 e. The van der Waals surface area contributed by atoms with Crippen molar-refractivity contribution in [1.29, 1.82) is 0 Å². The summed E-state index contributed by atoms with van der Waals surface area (Å²) in [6.45, 7) is 5.99. The van der Waals surface area contributed by atoms with Crippen LogP contribution < -0.4 is 5.32 Å². The zero-order valence-electron chi connectivity index (χ0n) is 13.5. The third kappa shape index (κ3) is 3.95. The van der Waals surface area contributed by atoms with Gasteiger partial charge in [-0.3, -0.25) is 0 Å². The van der Waals surface area contributed by atoms with Crippen molar-refractivity contribution in [3.63, 3.8) is 0 Å². The van der Waals surface area contributed by atoms with E-state index in [4.69, 9.17) is 0 Å². The Bertz CT molecular complexity index is 272. The van der Waals surface area contributed by atoms with Gasteiger partial charge in [0.25, 0.3) is 0 Å². The predicted molar refractivity (Wildman–Crippen MR) is 83.5 cm³/mol. The summed E-state index contributed by atoms with van der Waals surface area (Å²) in [6.07, 6.45) is 11.4. The highest BCUT2D eigenvalue weighted by Crippen LogP contribution is 2.35. The number of hydrogen-bond acceptors (Lipinski definition) is 2. The Morgan fingerprint density at radius 2 is 1.95 bits per heavy atom. The van der Waals surface area contributed by atoms with E-state index in [1.165, 1.54) is 57.9 Å². The van der Waals surface area contributed by atoms with Crippen molar-refractivity contribution < 1.29 is 0 Å². The minimum Gasteiger partial charge on any atom is -0.312 e. The van der Waals surface area contributed by atoms with E-state index in [1.54, 1.807) is 0 Å². The molecule has 0 aromatic rings. The first-order chi connectivity index (χ1) is 9.02. The second-order valence-corrected chi connectivity index (χ2v) is 7.63. The molecule has 19 heavy (non-hydrogen) atoms. The van der Waals surface area contributed by atoms with Crippen molar-refractivity contribution in [2.45, 2.75) is 76.8 Å². The van der Waals surface area contributed by atoms with Crippen LogP contribution in [0.5, 0.6) is 0 Å². The topological polar surface area (TPSA) is 15.3 Å². The molecular weight excluding hydrogens is 232 g/mol. The lowest BCUT2D eigenvalue weighted by Crippen LogP contribution is -2.55. The van der Waals surface area contributed by atoms with E-state index in [-0.39, 0.29) is 0 Å². The molecule has 2 nitrogen and oxygen atoms in total. The van der Waals surface area contributed by atoms with E-state index in [9.17, 15) is 0 Å². The van der Waals surface area contributed by atoms with Gasteiger partial charge in [0.1, 0.15) is 0 Å². The lowest BCUT2D eigenvalue weighted by atomic mass is 9.75. The molecule has 2 fully saturated rings. The molecule has 0 radical (unpaired) electrons. The molecule has 3 unspecified atom stereocenters. The SMILES string of the molecule is CC1CCCC(CNC(C)CC2CCC2)(N(C)C)C1. The van der Waals surface area contributed by atoms with Crippen LogP contribution in [0.25, 0.3) is 0 Å². The van der Waals surface area contributed by atoms with Gasteiger partial charge in [0.2, 0.25) is 0 Å². The fourth-order valence-corrected chi connectivity index (χ4v) is 4.03. The van der Waals surface area contributed by atoms with Crippen molar-refractivity contribution >= 4 is 0 Å². The fraction of sp³-hybridized carbons (Fsp3) is 1.00. The third-order valence-corrected chi connectivity index (χ3v) is 5.71. The summed E-state index contributed by atoms with van der Waals surface area (Å²) in [5.74, 6) is 1.91. The minimum absolute atomic E-state index is 0.408. The summed E-state index contributed by atoms with van der Waals surface area (Å²) >= 11 is 0. The first-order valence-corrected chi connectivity index (χ1v) is 8.43. The van der Waals surface area contributed by atoms with Crippen molar-refractivity contribution in [2.24, 2.45) is 11.8 Å². The molecule has 112 valence electrons. The van der Waals surface area contributed by atoms with Gasteiger partial charge < -0.3 is 10.2 Å². The Labute approximate surface area is 120 Å². The van der Waals surface area contributed by atoms with Crippen molar-refractivity contribution in [3.05, 3.63) is 0 Å². The first kappa shape index (κ1) is 15.3. The molecule has 0 aromatic carbocycles. The number of likely N-dealkylation sites (N-methyl/N-ethyl adjacent to an activating group) is 1. The molecule has 0 aromatic heterocycles. The van der Waals surface area contributed by atoms with Gasteiger partial charge in [-0.05, 0) is 52.1 Å². The van der Waals surface area contributed by atoms with Gasteiger partial charge >= 0.3 is 0 Å². The molecule has 0 spiro atoms. The molecule has 0 bridgehead atoms. The summed E-state index contributed by atoms with van der Waals surface area (Å²) in [6, 6.07) is 0.694. The maximum Gasteiger partial charge on any atom is 0.0330 e. The zero-order valence-corrected chi connectivity index (χ0v) is 13.5. The highest BCUT2D eigenvalue weighted by Gasteiger charge is 2.37. The van der Waals surface area contributed by atoms with Crippen LogP contribution in [-0.4, -0.2) is 37.1 Å². The van der Waals surface area contributed by atoms with Crippen LogP contribution in [0.1, 0.15) is 65.2 Å². The average molecular weight is 266 g/mol. The predicted octanol–water partition coefficient (Wildman–Crippen LogP) is 3.67. The van der Waals surface area contributed by atoms with Crippen LogP contribution in [0.4, 0.5) is 0 Å². The van der Waals surface area contributed by atoms with E-state index in [0.29, 0.717) is 11.6 Å². The summed E-state index contributed by atoms with van der Waals surface area (Å²) < 4.78 is 0. The molecule has 2 heteroatoms. The Kier molecular flexibility index (Phi) is 5.30. The quantitative estimate of drug-likeness (QED) is 0.789. The molecule has 1 N–H and O–H groups in total. The van der Waals surface area contributed by atoms with Crippen LogP contribution in [0.2, 0.25) is 0 Å². The Balaban J connectivity index is 1.82. The van der Waals surface area contributed by atoms with E-state index >= 15 is 0 Å². The van der Waals surface area contributed by atoms with Crippen molar-refractivity contribution in [1.82, 2.24) is 10.2 Å². The van der Waals surface area contributed by atoms with Gasteiger partial charge in [0, 0.05) is 18.1 Å². The highest BCUT2D eigenvalue weighted by molar-refractivity contribution is 4.95.